The molecule has 0 saturated heterocycles. The third-order valence-corrected chi connectivity index (χ3v) is 3.08. The van der Waals surface area contributed by atoms with Crippen LogP contribution in [0.1, 0.15) is 23.2 Å². The Labute approximate surface area is 93.9 Å². The van der Waals surface area contributed by atoms with Crippen molar-refractivity contribution in [1.29, 1.82) is 0 Å². The van der Waals surface area contributed by atoms with Crippen LogP contribution >= 0.6 is 0 Å². The Morgan fingerprint density at radius 3 is 3.00 bits per heavy atom. The molecule has 0 atom stereocenters. The highest BCUT2D eigenvalue weighted by Crippen LogP contribution is 2.27. The molecule has 16 heavy (non-hydrogen) atoms. The summed E-state index contributed by atoms with van der Waals surface area (Å²) < 4.78 is 0. The first kappa shape index (κ1) is 9.46. The Balaban J connectivity index is 1.83. The highest BCUT2D eigenvalue weighted by Gasteiger charge is 2.22. The first-order valence-corrected chi connectivity index (χ1v) is 5.69. The van der Waals surface area contributed by atoms with Crippen molar-refractivity contribution in [2.75, 3.05) is 6.54 Å². The van der Waals surface area contributed by atoms with Crippen LogP contribution in [0.4, 0.5) is 0 Å². The predicted octanol–water partition coefficient (Wildman–Crippen LogP) is 2.31. The van der Waals surface area contributed by atoms with E-state index in [2.05, 4.69) is 10.3 Å². The zero-order chi connectivity index (χ0) is 11.0. The van der Waals surface area contributed by atoms with Crippen molar-refractivity contribution in [2.45, 2.75) is 12.8 Å². The standard InChI is InChI=1S/C13H14N2O/c16-13(15-7-9-5-6-9)11-8-14-12-4-2-1-3-10(11)12/h1-4,8-9,14H,5-7H2,(H,15,16). The molecule has 82 valence electrons. The molecule has 1 heterocycles. The largest absolute Gasteiger partial charge is 0.360 e. The average Bonchev–Trinajstić information content (AvgIpc) is 3.04. The fourth-order valence-electron chi connectivity index (χ4n) is 1.91. The van der Waals surface area contributed by atoms with E-state index < -0.39 is 0 Å². The third kappa shape index (κ3) is 1.69. The van der Waals surface area contributed by atoms with E-state index >= 15 is 0 Å². The van der Waals surface area contributed by atoms with Gasteiger partial charge in [-0.1, -0.05) is 18.2 Å². The Hall–Kier alpha value is -1.77. The molecule has 3 nitrogen and oxygen atoms in total. The van der Waals surface area contributed by atoms with Crippen molar-refractivity contribution in [1.82, 2.24) is 10.3 Å². The van der Waals surface area contributed by atoms with E-state index in [4.69, 9.17) is 0 Å². The van der Waals surface area contributed by atoms with Crippen LogP contribution in [0.15, 0.2) is 30.5 Å². The minimum atomic E-state index is 0.0318. The molecule has 0 spiro atoms. The summed E-state index contributed by atoms with van der Waals surface area (Å²) in [6.45, 7) is 0.818. The Morgan fingerprint density at radius 2 is 2.19 bits per heavy atom. The average molecular weight is 214 g/mol. The summed E-state index contributed by atoms with van der Waals surface area (Å²) in [5.41, 5.74) is 1.76. The maximum atomic E-state index is 11.9. The minimum absolute atomic E-state index is 0.0318. The molecule has 1 aromatic carbocycles. The SMILES string of the molecule is O=C(NCC1CC1)c1c[nH]c2ccccc12. The number of hydrogen-bond acceptors (Lipinski definition) is 1. The summed E-state index contributed by atoms with van der Waals surface area (Å²) in [6.07, 6.45) is 4.30. The molecule has 1 aliphatic carbocycles. The molecule has 1 saturated carbocycles. The summed E-state index contributed by atoms with van der Waals surface area (Å²) in [5, 5.41) is 3.98. The van der Waals surface area contributed by atoms with Gasteiger partial charge in [-0.2, -0.15) is 0 Å². The van der Waals surface area contributed by atoms with Crippen LogP contribution < -0.4 is 5.32 Å². The lowest BCUT2D eigenvalue weighted by molar-refractivity contribution is 0.0953. The summed E-state index contributed by atoms with van der Waals surface area (Å²) in [4.78, 5) is 15.0. The van der Waals surface area contributed by atoms with Crippen molar-refractivity contribution in [3.8, 4) is 0 Å². The van der Waals surface area contributed by atoms with Crippen molar-refractivity contribution in [3.05, 3.63) is 36.0 Å². The number of rotatable bonds is 3. The van der Waals surface area contributed by atoms with Gasteiger partial charge in [0.05, 0.1) is 5.56 Å². The number of nitrogens with one attached hydrogen (secondary N) is 2. The van der Waals surface area contributed by atoms with Crippen LogP contribution in [-0.4, -0.2) is 17.4 Å². The van der Waals surface area contributed by atoms with Gasteiger partial charge in [0.1, 0.15) is 0 Å². The second kappa shape index (κ2) is 3.67. The van der Waals surface area contributed by atoms with Gasteiger partial charge in [0, 0.05) is 23.6 Å². The van der Waals surface area contributed by atoms with Gasteiger partial charge < -0.3 is 10.3 Å². The topological polar surface area (TPSA) is 44.9 Å². The fraction of sp³-hybridized carbons (Fsp3) is 0.308. The first-order valence-electron chi connectivity index (χ1n) is 5.69. The number of H-pyrrole nitrogens is 1. The summed E-state index contributed by atoms with van der Waals surface area (Å²) in [6, 6.07) is 7.86. The Morgan fingerprint density at radius 1 is 1.38 bits per heavy atom. The molecular formula is C13H14N2O. The number of benzene rings is 1. The van der Waals surface area contributed by atoms with E-state index in [-0.39, 0.29) is 5.91 Å². The number of fused-ring (bicyclic) bond motifs is 1. The molecule has 1 fully saturated rings. The summed E-state index contributed by atoms with van der Waals surface area (Å²) in [7, 11) is 0. The lowest BCUT2D eigenvalue weighted by Crippen LogP contribution is -2.25. The normalized spacial score (nSPS) is 15.2. The molecule has 0 aliphatic heterocycles. The van der Waals surface area contributed by atoms with Crippen LogP contribution in [0.2, 0.25) is 0 Å². The van der Waals surface area contributed by atoms with Crippen LogP contribution in [0.3, 0.4) is 0 Å². The number of hydrogen-bond donors (Lipinski definition) is 2. The Kier molecular flexibility index (Phi) is 2.17. The molecule has 2 N–H and O–H groups in total. The number of carbonyl (C=O) groups is 1. The van der Waals surface area contributed by atoms with Gasteiger partial charge in [-0.3, -0.25) is 4.79 Å². The third-order valence-electron chi connectivity index (χ3n) is 3.08. The van der Waals surface area contributed by atoms with E-state index in [9.17, 15) is 4.79 Å². The van der Waals surface area contributed by atoms with Gasteiger partial charge in [-0.25, -0.2) is 0 Å². The van der Waals surface area contributed by atoms with Crippen LogP contribution in [0.5, 0.6) is 0 Å². The van der Waals surface area contributed by atoms with Crippen molar-refractivity contribution in [3.63, 3.8) is 0 Å². The number of aromatic amines is 1. The van der Waals surface area contributed by atoms with Crippen LogP contribution in [0, 0.1) is 5.92 Å². The van der Waals surface area contributed by atoms with Gasteiger partial charge in [-0.05, 0) is 24.8 Å². The smallest absolute Gasteiger partial charge is 0.253 e. The van der Waals surface area contributed by atoms with Crippen LogP contribution in [0.25, 0.3) is 10.9 Å². The van der Waals surface area contributed by atoms with E-state index in [1.54, 1.807) is 6.20 Å². The number of amides is 1. The highest BCUT2D eigenvalue weighted by atomic mass is 16.1. The van der Waals surface area contributed by atoms with Gasteiger partial charge in [-0.15, -0.1) is 0 Å². The Bertz CT molecular complexity index is 525. The zero-order valence-corrected chi connectivity index (χ0v) is 8.99. The molecule has 2 aromatic rings. The van der Waals surface area contributed by atoms with E-state index in [1.165, 1.54) is 12.8 Å². The second-order valence-corrected chi connectivity index (χ2v) is 4.40. The monoisotopic (exact) mass is 214 g/mol. The van der Waals surface area contributed by atoms with Crippen LogP contribution in [-0.2, 0) is 0 Å². The molecular weight excluding hydrogens is 200 g/mol. The maximum absolute atomic E-state index is 11.9. The van der Waals surface area contributed by atoms with E-state index in [0.29, 0.717) is 5.92 Å². The number of para-hydroxylation sites is 1. The van der Waals surface area contributed by atoms with Crippen molar-refractivity contribution in [2.24, 2.45) is 5.92 Å². The molecule has 0 radical (unpaired) electrons. The summed E-state index contributed by atoms with van der Waals surface area (Å²) in [5.74, 6) is 0.749. The van der Waals surface area contributed by atoms with Gasteiger partial charge in [0.2, 0.25) is 0 Å². The molecule has 1 aliphatic rings. The predicted molar refractivity (Wildman–Crippen MR) is 63.4 cm³/mol. The molecule has 3 heteroatoms. The minimum Gasteiger partial charge on any atom is -0.360 e. The maximum Gasteiger partial charge on any atom is 0.253 e. The van der Waals surface area contributed by atoms with Crippen molar-refractivity contribution >= 4 is 16.8 Å². The van der Waals surface area contributed by atoms with Gasteiger partial charge in [0.15, 0.2) is 0 Å². The fourth-order valence-corrected chi connectivity index (χ4v) is 1.91. The molecule has 1 aromatic heterocycles. The molecule has 0 bridgehead atoms. The molecule has 3 rings (SSSR count). The molecule has 0 unspecified atom stereocenters. The van der Waals surface area contributed by atoms with Gasteiger partial charge in [0.25, 0.3) is 5.91 Å². The lowest BCUT2D eigenvalue weighted by atomic mass is 10.1. The summed E-state index contributed by atoms with van der Waals surface area (Å²) >= 11 is 0. The molecule has 1 amide bonds. The highest BCUT2D eigenvalue weighted by molar-refractivity contribution is 6.06. The zero-order valence-electron chi connectivity index (χ0n) is 8.99. The second-order valence-electron chi connectivity index (χ2n) is 4.40. The van der Waals surface area contributed by atoms with Crippen molar-refractivity contribution < 1.29 is 4.79 Å². The van der Waals surface area contributed by atoms with E-state index in [0.717, 1.165) is 23.0 Å². The van der Waals surface area contributed by atoms with E-state index in [1.807, 2.05) is 24.3 Å². The quantitative estimate of drug-likeness (QED) is 0.809. The van der Waals surface area contributed by atoms with Gasteiger partial charge >= 0.3 is 0 Å². The lowest BCUT2D eigenvalue weighted by Gasteiger charge is -2.02. The number of carbonyl (C=O) groups excluding carboxylic acids is 1. The first-order chi connectivity index (χ1) is 7.84. The number of aromatic nitrogens is 1.